The number of aryl methyl sites for hydroxylation is 2. The van der Waals surface area contributed by atoms with Gasteiger partial charge in [-0.05, 0) is 48.1 Å². The topological polar surface area (TPSA) is 64.9 Å². The molecule has 2 rings (SSSR count). The molecule has 4 nitrogen and oxygen atoms in total. The molecule has 2 N–H and O–H groups in total. The molecule has 0 amide bonds. The number of nitrogens with zero attached hydrogens (tertiary/aromatic N) is 2. The van der Waals surface area contributed by atoms with Gasteiger partial charge in [-0.2, -0.15) is 0 Å². The number of aromatic nitrogens is 2. The molecular weight excluding hydrogens is 317 g/mol. The molecular formula is C11H12IN3O. The maximum Gasteiger partial charge on any atom is 0.197 e. The lowest BCUT2D eigenvalue weighted by molar-refractivity contribution is 0.543. The zero-order valence-corrected chi connectivity index (χ0v) is 11.3. The summed E-state index contributed by atoms with van der Waals surface area (Å²) in [6.07, 6.45) is 0.831. The summed E-state index contributed by atoms with van der Waals surface area (Å²) in [5.74, 6) is 2.57. The first-order valence-corrected chi connectivity index (χ1v) is 6.08. The minimum atomic E-state index is 0.511. The number of nitrogens with two attached hydrogens (primary N) is 1. The fraction of sp³-hybridized carbons (Fsp3) is 0.273. The highest BCUT2D eigenvalue weighted by Crippen LogP contribution is 2.23. The Bertz CT molecular complexity index is 522. The second-order valence-electron chi connectivity index (χ2n) is 3.46. The van der Waals surface area contributed by atoms with Crippen molar-refractivity contribution >= 4 is 28.4 Å². The van der Waals surface area contributed by atoms with E-state index in [1.165, 1.54) is 0 Å². The van der Waals surface area contributed by atoms with Crippen LogP contribution in [-0.2, 0) is 6.42 Å². The Morgan fingerprint density at radius 3 is 2.69 bits per heavy atom. The Labute approximate surface area is 107 Å². The number of nitrogen functional groups attached to an aromatic ring is 1. The number of anilines is 1. The van der Waals surface area contributed by atoms with Gasteiger partial charge in [0.2, 0.25) is 0 Å². The number of hydrogen-bond acceptors (Lipinski definition) is 4. The largest absolute Gasteiger partial charge is 0.458 e. The molecule has 0 aliphatic rings. The van der Waals surface area contributed by atoms with Crippen LogP contribution in [0.25, 0.3) is 11.6 Å². The molecule has 0 spiro atoms. The molecule has 0 saturated heterocycles. The Morgan fingerprint density at radius 2 is 2.12 bits per heavy atom. The molecule has 16 heavy (non-hydrogen) atoms. The van der Waals surface area contributed by atoms with Crippen molar-refractivity contribution < 1.29 is 4.42 Å². The molecule has 0 bridgehead atoms. The van der Waals surface area contributed by atoms with E-state index in [2.05, 4.69) is 32.6 Å². The minimum Gasteiger partial charge on any atom is -0.458 e. The molecule has 84 valence electrons. The molecule has 0 aliphatic carbocycles. The van der Waals surface area contributed by atoms with Crippen molar-refractivity contribution in [2.75, 3.05) is 5.73 Å². The van der Waals surface area contributed by atoms with Crippen molar-refractivity contribution in [2.24, 2.45) is 0 Å². The Kier molecular flexibility index (Phi) is 3.13. The third-order valence-electron chi connectivity index (χ3n) is 2.24. The van der Waals surface area contributed by atoms with E-state index in [9.17, 15) is 0 Å². The van der Waals surface area contributed by atoms with E-state index in [1.807, 2.05) is 26.0 Å². The van der Waals surface area contributed by atoms with Crippen LogP contribution < -0.4 is 5.73 Å². The zero-order valence-electron chi connectivity index (χ0n) is 9.12. The fourth-order valence-electron chi connectivity index (χ4n) is 1.41. The lowest BCUT2D eigenvalue weighted by atomic mass is 10.3. The average Bonchev–Trinajstić information content (AvgIpc) is 2.69. The van der Waals surface area contributed by atoms with Gasteiger partial charge in [0.1, 0.15) is 11.6 Å². The van der Waals surface area contributed by atoms with Crippen molar-refractivity contribution in [3.8, 4) is 11.6 Å². The zero-order chi connectivity index (χ0) is 11.7. The molecule has 5 heteroatoms. The smallest absolute Gasteiger partial charge is 0.197 e. The lowest BCUT2D eigenvalue weighted by Gasteiger charge is -2.05. The van der Waals surface area contributed by atoms with E-state index in [4.69, 9.17) is 10.2 Å². The van der Waals surface area contributed by atoms with Crippen LogP contribution in [0.3, 0.4) is 0 Å². The normalized spacial score (nSPS) is 10.7. The van der Waals surface area contributed by atoms with E-state index in [0.717, 1.165) is 21.4 Å². The average molecular weight is 329 g/mol. The van der Waals surface area contributed by atoms with E-state index in [-0.39, 0.29) is 0 Å². The van der Waals surface area contributed by atoms with Crippen LogP contribution in [-0.4, -0.2) is 9.97 Å². The van der Waals surface area contributed by atoms with Crippen LogP contribution in [0.4, 0.5) is 5.82 Å². The van der Waals surface area contributed by atoms with Gasteiger partial charge < -0.3 is 10.2 Å². The van der Waals surface area contributed by atoms with E-state index in [0.29, 0.717) is 17.4 Å². The van der Waals surface area contributed by atoms with Gasteiger partial charge in [-0.1, -0.05) is 6.92 Å². The van der Waals surface area contributed by atoms with Crippen molar-refractivity contribution in [3.05, 3.63) is 27.2 Å². The fourth-order valence-corrected chi connectivity index (χ4v) is 2.03. The summed E-state index contributed by atoms with van der Waals surface area (Å²) in [5, 5.41) is 0. The summed E-state index contributed by atoms with van der Waals surface area (Å²) in [7, 11) is 0. The van der Waals surface area contributed by atoms with Gasteiger partial charge in [0.15, 0.2) is 11.6 Å². The molecule has 0 aliphatic heterocycles. The monoisotopic (exact) mass is 329 g/mol. The van der Waals surface area contributed by atoms with Crippen molar-refractivity contribution in [3.63, 3.8) is 0 Å². The Morgan fingerprint density at radius 1 is 1.38 bits per heavy atom. The first-order valence-electron chi connectivity index (χ1n) is 5.00. The number of rotatable bonds is 2. The van der Waals surface area contributed by atoms with Crippen LogP contribution in [0.1, 0.15) is 18.4 Å². The highest BCUT2D eigenvalue weighted by Gasteiger charge is 2.12. The highest BCUT2D eigenvalue weighted by atomic mass is 127. The first-order chi connectivity index (χ1) is 7.61. The third kappa shape index (κ3) is 2.04. The van der Waals surface area contributed by atoms with E-state index in [1.54, 1.807) is 0 Å². The van der Waals surface area contributed by atoms with Gasteiger partial charge in [0.25, 0.3) is 0 Å². The summed E-state index contributed by atoms with van der Waals surface area (Å²) >= 11 is 2.17. The van der Waals surface area contributed by atoms with Crippen LogP contribution in [0, 0.1) is 10.5 Å². The summed E-state index contributed by atoms with van der Waals surface area (Å²) in [6, 6.07) is 3.74. The molecule has 0 fully saturated rings. The summed E-state index contributed by atoms with van der Waals surface area (Å²) in [6.45, 7) is 3.93. The number of hydrogen-bond donors (Lipinski definition) is 1. The molecule has 0 saturated carbocycles. The molecule has 0 atom stereocenters. The molecule has 2 heterocycles. The first kappa shape index (κ1) is 11.4. The predicted octanol–water partition coefficient (Wildman–Crippen LogP) is 2.79. The van der Waals surface area contributed by atoms with E-state index >= 15 is 0 Å². The van der Waals surface area contributed by atoms with Crippen molar-refractivity contribution in [1.82, 2.24) is 9.97 Å². The molecule has 2 aromatic heterocycles. The predicted molar refractivity (Wildman–Crippen MR) is 71.0 cm³/mol. The quantitative estimate of drug-likeness (QED) is 0.861. The second-order valence-corrected chi connectivity index (χ2v) is 4.54. The summed E-state index contributed by atoms with van der Waals surface area (Å²) in [5.41, 5.74) is 6.80. The summed E-state index contributed by atoms with van der Waals surface area (Å²) in [4.78, 5) is 8.67. The molecule has 0 radical (unpaired) electrons. The van der Waals surface area contributed by atoms with Crippen molar-refractivity contribution in [1.29, 1.82) is 0 Å². The third-order valence-corrected chi connectivity index (χ3v) is 3.42. The Balaban J connectivity index is 2.54. The Hall–Kier alpha value is -1.11. The van der Waals surface area contributed by atoms with Gasteiger partial charge in [0, 0.05) is 0 Å². The molecule has 0 unspecified atom stereocenters. The minimum absolute atomic E-state index is 0.511. The van der Waals surface area contributed by atoms with Gasteiger partial charge in [-0.25, -0.2) is 9.97 Å². The maximum atomic E-state index is 5.84. The number of halogens is 1. The molecule has 0 aromatic carbocycles. The van der Waals surface area contributed by atoms with Crippen LogP contribution in [0.2, 0.25) is 0 Å². The van der Waals surface area contributed by atoms with Gasteiger partial charge in [-0.15, -0.1) is 0 Å². The lowest BCUT2D eigenvalue weighted by Crippen LogP contribution is -2.03. The standard InChI is InChI=1S/C11H12IN3O/c1-3-7-9(12)10(13)15-11(14-7)8-5-4-6(2)16-8/h4-5H,3H2,1-2H3,(H2,13,14,15). The van der Waals surface area contributed by atoms with E-state index < -0.39 is 0 Å². The summed E-state index contributed by atoms with van der Waals surface area (Å²) < 4.78 is 6.40. The van der Waals surface area contributed by atoms with Crippen LogP contribution in [0.5, 0.6) is 0 Å². The number of furan rings is 1. The second kappa shape index (κ2) is 4.40. The van der Waals surface area contributed by atoms with Crippen molar-refractivity contribution in [2.45, 2.75) is 20.3 Å². The van der Waals surface area contributed by atoms with Gasteiger partial charge in [0.05, 0.1) is 9.26 Å². The van der Waals surface area contributed by atoms with Gasteiger partial charge >= 0.3 is 0 Å². The van der Waals surface area contributed by atoms with Gasteiger partial charge in [-0.3, -0.25) is 0 Å². The highest BCUT2D eigenvalue weighted by molar-refractivity contribution is 14.1. The van der Waals surface area contributed by atoms with Crippen LogP contribution in [0.15, 0.2) is 16.5 Å². The van der Waals surface area contributed by atoms with Crippen LogP contribution >= 0.6 is 22.6 Å². The maximum absolute atomic E-state index is 5.84. The SMILES string of the molecule is CCc1nc(-c2ccc(C)o2)nc(N)c1I. The molecule has 2 aromatic rings.